The molecule has 0 bridgehead atoms. The van der Waals surface area contributed by atoms with E-state index in [1.165, 1.54) is 0 Å². The number of nitrogens with one attached hydrogen (secondary N) is 2. The van der Waals surface area contributed by atoms with Gasteiger partial charge in [0, 0.05) is 30.0 Å². The fourth-order valence-electron chi connectivity index (χ4n) is 2.59. The molecule has 1 aromatic carbocycles. The summed E-state index contributed by atoms with van der Waals surface area (Å²) >= 11 is 0. The summed E-state index contributed by atoms with van der Waals surface area (Å²) in [7, 11) is 1.94. The average molecular weight is 278 g/mol. The smallest absolute Gasteiger partial charge is 0.141 e. The number of hydrogen-bond donors (Lipinski definition) is 2. The van der Waals surface area contributed by atoms with Gasteiger partial charge in [0.05, 0.1) is 22.6 Å². The Morgan fingerprint density at radius 2 is 2.14 bits per heavy atom. The van der Waals surface area contributed by atoms with Gasteiger partial charge in [-0.15, -0.1) is 0 Å². The van der Waals surface area contributed by atoms with Gasteiger partial charge in [-0.3, -0.25) is 9.78 Å². The first-order valence-electron chi connectivity index (χ1n) is 6.71. The number of aryl methyl sites for hydroxylation is 2. The van der Waals surface area contributed by atoms with Gasteiger partial charge in [-0.2, -0.15) is 10.2 Å². The van der Waals surface area contributed by atoms with Gasteiger partial charge in [-0.05, 0) is 31.2 Å². The van der Waals surface area contributed by atoms with Crippen LogP contribution in [0.2, 0.25) is 0 Å². The number of benzene rings is 1. The lowest BCUT2D eigenvalue weighted by molar-refractivity contribution is 0.797. The fraction of sp³-hybridized carbons (Fsp3) is 0.133. The number of pyridine rings is 1. The van der Waals surface area contributed by atoms with Crippen LogP contribution in [-0.4, -0.2) is 25.0 Å². The van der Waals surface area contributed by atoms with Crippen LogP contribution in [0.5, 0.6) is 0 Å². The normalized spacial score (nSPS) is 11.3. The SMILES string of the molecule is Cc1[nH]nc2ccnc(Nc3ccc4c(cnn4C)c3)c12. The monoisotopic (exact) mass is 278 g/mol. The van der Waals surface area contributed by atoms with E-state index in [-0.39, 0.29) is 0 Å². The lowest BCUT2D eigenvalue weighted by Gasteiger charge is -2.07. The van der Waals surface area contributed by atoms with E-state index < -0.39 is 0 Å². The molecule has 0 aliphatic rings. The Balaban J connectivity index is 1.80. The Morgan fingerprint density at radius 1 is 1.24 bits per heavy atom. The van der Waals surface area contributed by atoms with Crippen LogP contribution in [0.25, 0.3) is 21.8 Å². The third-order valence-electron chi connectivity index (χ3n) is 3.66. The van der Waals surface area contributed by atoms with Crippen molar-refractivity contribution in [1.29, 1.82) is 0 Å². The van der Waals surface area contributed by atoms with Crippen LogP contribution in [-0.2, 0) is 7.05 Å². The molecule has 3 aromatic heterocycles. The van der Waals surface area contributed by atoms with Gasteiger partial charge in [0.2, 0.25) is 0 Å². The fourth-order valence-corrected chi connectivity index (χ4v) is 2.59. The highest BCUT2D eigenvalue weighted by Crippen LogP contribution is 2.27. The molecule has 4 rings (SSSR count). The molecule has 3 heterocycles. The van der Waals surface area contributed by atoms with E-state index in [4.69, 9.17) is 0 Å². The molecule has 0 amide bonds. The molecule has 0 spiro atoms. The number of nitrogens with zero attached hydrogens (tertiary/aromatic N) is 4. The first-order chi connectivity index (χ1) is 10.2. The second kappa shape index (κ2) is 4.31. The largest absolute Gasteiger partial charge is 0.340 e. The third kappa shape index (κ3) is 1.84. The number of fused-ring (bicyclic) bond motifs is 2. The summed E-state index contributed by atoms with van der Waals surface area (Å²) in [5, 5.41) is 17.0. The summed E-state index contributed by atoms with van der Waals surface area (Å²) in [6, 6.07) is 8.04. The number of rotatable bonds is 2. The molecule has 0 saturated carbocycles. The molecule has 6 nitrogen and oxygen atoms in total. The van der Waals surface area contributed by atoms with E-state index in [1.807, 2.05) is 43.0 Å². The maximum absolute atomic E-state index is 4.43. The second-order valence-corrected chi connectivity index (χ2v) is 5.07. The predicted octanol–water partition coefficient (Wildman–Crippen LogP) is 2.90. The summed E-state index contributed by atoms with van der Waals surface area (Å²) in [5.74, 6) is 0.807. The summed E-state index contributed by atoms with van der Waals surface area (Å²) in [6.07, 6.45) is 3.62. The van der Waals surface area contributed by atoms with E-state index in [0.717, 1.165) is 39.0 Å². The van der Waals surface area contributed by atoms with Gasteiger partial charge in [0.25, 0.3) is 0 Å². The molecular formula is C15H14N6. The van der Waals surface area contributed by atoms with Crippen LogP contribution < -0.4 is 5.32 Å². The van der Waals surface area contributed by atoms with Crippen LogP contribution >= 0.6 is 0 Å². The Bertz CT molecular complexity index is 949. The van der Waals surface area contributed by atoms with Gasteiger partial charge in [-0.1, -0.05) is 0 Å². The van der Waals surface area contributed by atoms with Crippen molar-refractivity contribution in [2.75, 3.05) is 5.32 Å². The molecule has 0 atom stereocenters. The summed E-state index contributed by atoms with van der Waals surface area (Å²) in [6.45, 7) is 1.99. The second-order valence-electron chi connectivity index (χ2n) is 5.07. The Morgan fingerprint density at radius 3 is 3.05 bits per heavy atom. The third-order valence-corrected chi connectivity index (χ3v) is 3.66. The zero-order chi connectivity index (χ0) is 14.4. The Hall–Kier alpha value is -2.89. The molecule has 0 radical (unpaired) electrons. The average Bonchev–Trinajstić information content (AvgIpc) is 3.04. The molecule has 0 saturated heterocycles. The number of hydrogen-bond acceptors (Lipinski definition) is 4. The van der Waals surface area contributed by atoms with Crippen molar-refractivity contribution in [3.05, 3.63) is 42.4 Å². The highest BCUT2D eigenvalue weighted by Gasteiger charge is 2.09. The zero-order valence-electron chi connectivity index (χ0n) is 11.8. The maximum Gasteiger partial charge on any atom is 0.141 e. The maximum atomic E-state index is 4.43. The minimum absolute atomic E-state index is 0.807. The highest BCUT2D eigenvalue weighted by molar-refractivity contribution is 5.93. The first kappa shape index (κ1) is 11.9. The molecule has 4 aromatic rings. The van der Waals surface area contributed by atoms with Crippen molar-refractivity contribution in [3.63, 3.8) is 0 Å². The molecule has 0 aliphatic heterocycles. The van der Waals surface area contributed by atoms with E-state index in [9.17, 15) is 0 Å². The number of H-pyrrole nitrogens is 1. The van der Waals surface area contributed by atoms with E-state index in [0.29, 0.717) is 0 Å². The van der Waals surface area contributed by atoms with Crippen LogP contribution in [0, 0.1) is 6.92 Å². The van der Waals surface area contributed by atoms with Crippen molar-refractivity contribution in [2.45, 2.75) is 6.92 Å². The zero-order valence-corrected chi connectivity index (χ0v) is 11.8. The number of aromatic nitrogens is 5. The summed E-state index contributed by atoms with van der Waals surface area (Å²) in [4.78, 5) is 4.43. The van der Waals surface area contributed by atoms with Gasteiger partial charge >= 0.3 is 0 Å². The highest BCUT2D eigenvalue weighted by atomic mass is 15.2. The lowest BCUT2D eigenvalue weighted by atomic mass is 10.2. The van der Waals surface area contributed by atoms with E-state index in [1.54, 1.807) is 6.20 Å². The first-order valence-corrected chi connectivity index (χ1v) is 6.71. The molecule has 21 heavy (non-hydrogen) atoms. The predicted molar refractivity (Wildman–Crippen MR) is 82.6 cm³/mol. The molecule has 6 heteroatoms. The minimum atomic E-state index is 0.807. The van der Waals surface area contributed by atoms with Crippen LogP contribution in [0.3, 0.4) is 0 Å². The van der Waals surface area contributed by atoms with Crippen LogP contribution in [0.15, 0.2) is 36.7 Å². The quantitative estimate of drug-likeness (QED) is 0.591. The van der Waals surface area contributed by atoms with Gasteiger partial charge < -0.3 is 5.32 Å². The topological polar surface area (TPSA) is 71.4 Å². The van der Waals surface area contributed by atoms with Crippen LogP contribution in [0.1, 0.15) is 5.69 Å². The molecule has 2 N–H and O–H groups in total. The number of aromatic amines is 1. The Kier molecular flexibility index (Phi) is 2.44. The van der Waals surface area contributed by atoms with Crippen molar-refractivity contribution >= 4 is 33.3 Å². The minimum Gasteiger partial charge on any atom is -0.340 e. The Labute approximate surface area is 120 Å². The van der Waals surface area contributed by atoms with Crippen molar-refractivity contribution in [2.24, 2.45) is 7.05 Å². The molecule has 0 unspecified atom stereocenters. The standard InChI is InChI=1S/C15H14N6/c1-9-14-12(20-19-9)5-6-16-15(14)18-11-3-4-13-10(7-11)8-17-21(13)2/h3-8H,1-2H3,(H,16,18)(H,19,20). The van der Waals surface area contributed by atoms with Crippen molar-refractivity contribution < 1.29 is 0 Å². The van der Waals surface area contributed by atoms with Crippen molar-refractivity contribution in [1.82, 2.24) is 25.0 Å². The molecule has 104 valence electrons. The van der Waals surface area contributed by atoms with E-state index >= 15 is 0 Å². The summed E-state index contributed by atoms with van der Waals surface area (Å²) < 4.78 is 1.86. The lowest BCUT2D eigenvalue weighted by Crippen LogP contribution is -1.95. The van der Waals surface area contributed by atoms with E-state index in [2.05, 4.69) is 31.7 Å². The van der Waals surface area contributed by atoms with Crippen molar-refractivity contribution in [3.8, 4) is 0 Å². The van der Waals surface area contributed by atoms with Crippen LogP contribution in [0.4, 0.5) is 11.5 Å². The molecule has 0 fully saturated rings. The number of anilines is 2. The molecular weight excluding hydrogens is 264 g/mol. The molecule has 0 aliphatic carbocycles. The van der Waals surface area contributed by atoms with Gasteiger partial charge in [0.15, 0.2) is 0 Å². The van der Waals surface area contributed by atoms with Gasteiger partial charge in [-0.25, -0.2) is 4.98 Å². The summed E-state index contributed by atoms with van der Waals surface area (Å²) in [5.41, 5.74) is 4.00. The van der Waals surface area contributed by atoms with Gasteiger partial charge in [0.1, 0.15) is 5.82 Å².